The van der Waals surface area contributed by atoms with Crippen molar-refractivity contribution in [1.29, 1.82) is 0 Å². The number of hydrogen-bond acceptors (Lipinski definition) is 3. The van der Waals surface area contributed by atoms with Crippen LogP contribution in [0.1, 0.15) is 26.2 Å². The molecule has 2 rings (SSSR count). The molecule has 1 atom stereocenters. The smallest absolute Gasteiger partial charge is 0.227 e. The molecule has 0 aliphatic carbocycles. The average molecular weight is 262 g/mol. The number of anilines is 2. The Balaban J connectivity index is 2.10. The minimum Gasteiger partial charge on any atom is -0.385 e. The van der Waals surface area contributed by atoms with Crippen molar-refractivity contribution in [3.8, 4) is 0 Å². The second-order valence-electron chi connectivity index (χ2n) is 4.99. The maximum Gasteiger partial charge on any atom is 0.227 e. The highest BCUT2D eigenvalue weighted by Gasteiger charge is 2.23. The van der Waals surface area contributed by atoms with E-state index in [1.54, 1.807) is 7.11 Å². The summed E-state index contributed by atoms with van der Waals surface area (Å²) in [5.74, 6) is 0.221. The SMILES string of the molecule is COCCC(C)Nc1ccccc1N1CCCC1=O. The van der Waals surface area contributed by atoms with Crippen molar-refractivity contribution in [2.75, 3.05) is 30.5 Å². The van der Waals surface area contributed by atoms with Gasteiger partial charge >= 0.3 is 0 Å². The van der Waals surface area contributed by atoms with E-state index in [0.29, 0.717) is 12.5 Å². The zero-order valence-corrected chi connectivity index (χ0v) is 11.7. The van der Waals surface area contributed by atoms with Gasteiger partial charge in [-0.1, -0.05) is 12.1 Å². The summed E-state index contributed by atoms with van der Waals surface area (Å²) in [7, 11) is 1.71. The van der Waals surface area contributed by atoms with E-state index in [0.717, 1.165) is 37.4 Å². The Bertz CT molecular complexity index is 434. The fourth-order valence-corrected chi connectivity index (χ4v) is 2.37. The van der Waals surface area contributed by atoms with Crippen LogP contribution in [0.4, 0.5) is 11.4 Å². The first-order chi connectivity index (χ1) is 9.22. The number of methoxy groups -OCH3 is 1. The van der Waals surface area contributed by atoms with Gasteiger partial charge in [-0.15, -0.1) is 0 Å². The van der Waals surface area contributed by atoms with Gasteiger partial charge in [0.05, 0.1) is 11.4 Å². The van der Waals surface area contributed by atoms with Crippen molar-refractivity contribution < 1.29 is 9.53 Å². The molecule has 1 aliphatic heterocycles. The quantitative estimate of drug-likeness (QED) is 0.857. The number of rotatable bonds is 6. The number of nitrogens with one attached hydrogen (secondary N) is 1. The molecule has 1 aromatic carbocycles. The summed E-state index contributed by atoms with van der Waals surface area (Å²) in [6.45, 7) is 3.69. The molecule has 0 saturated carbocycles. The molecule has 1 heterocycles. The first kappa shape index (κ1) is 13.9. The van der Waals surface area contributed by atoms with Crippen LogP contribution < -0.4 is 10.2 Å². The molecular formula is C15H22N2O2. The number of amides is 1. The Hall–Kier alpha value is -1.55. The van der Waals surface area contributed by atoms with E-state index in [1.807, 2.05) is 29.2 Å². The maximum atomic E-state index is 11.9. The summed E-state index contributed by atoms with van der Waals surface area (Å²) in [5.41, 5.74) is 2.02. The van der Waals surface area contributed by atoms with Gasteiger partial charge in [-0.25, -0.2) is 0 Å². The zero-order chi connectivity index (χ0) is 13.7. The Morgan fingerprint density at radius 2 is 2.21 bits per heavy atom. The van der Waals surface area contributed by atoms with E-state index in [1.165, 1.54) is 0 Å². The van der Waals surface area contributed by atoms with Crippen LogP contribution in [-0.4, -0.2) is 32.2 Å². The highest BCUT2D eigenvalue weighted by molar-refractivity contribution is 5.98. The molecule has 1 N–H and O–H groups in total. The van der Waals surface area contributed by atoms with Crippen LogP contribution in [0.2, 0.25) is 0 Å². The highest BCUT2D eigenvalue weighted by atomic mass is 16.5. The molecule has 0 aromatic heterocycles. The molecule has 1 aromatic rings. The van der Waals surface area contributed by atoms with E-state index >= 15 is 0 Å². The summed E-state index contributed by atoms with van der Waals surface area (Å²) < 4.78 is 5.09. The molecule has 1 amide bonds. The first-order valence-electron chi connectivity index (χ1n) is 6.87. The van der Waals surface area contributed by atoms with Gasteiger partial charge in [-0.3, -0.25) is 4.79 Å². The molecule has 4 nitrogen and oxygen atoms in total. The lowest BCUT2D eigenvalue weighted by molar-refractivity contribution is -0.117. The number of hydrogen-bond donors (Lipinski definition) is 1. The van der Waals surface area contributed by atoms with Crippen molar-refractivity contribution in [2.24, 2.45) is 0 Å². The monoisotopic (exact) mass is 262 g/mol. The summed E-state index contributed by atoms with van der Waals surface area (Å²) in [6, 6.07) is 8.33. The number of carbonyl (C=O) groups excluding carboxylic acids is 1. The van der Waals surface area contributed by atoms with Crippen LogP contribution in [0.25, 0.3) is 0 Å². The third kappa shape index (κ3) is 3.47. The molecule has 0 bridgehead atoms. The molecule has 19 heavy (non-hydrogen) atoms. The molecule has 1 aliphatic rings. The van der Waals surface area contributed by atoms with E-state index in [-0.39, 0.29) is 5.91 Å². The second kappa shape index (κ2) is 6.57. The predicted molar refractivity (Wildman–Crippen MR) is 77.6 cm³/mol. The molecule has 0 radical (unpaired) electrons. The first-order valence-corrected chi connectivity index (χ1v) is 6.87. The minimum absolute atomic E-state index is 0.221. The molecule has 1 unspecified atom stereocenters. The largest absolute Gasteiger partial charge is 0.385 e. The van der Waals surface area contributed by atoms with Crippen molar-refractivity contribution in [2.45, 2.75) is 32.2 Å². The molecule has 1 saturated heterocycles. The van der Waals surface area contributed by atoms with Gasteiger partial charge in [-0.05, 0) is 31.9 Å². The van der Waals surface area contributed by atoms with Gasteiger partial charge < -0.3 is 15.0 Å². The normalized spacial score (nSPS) is 16.7. The Labute approximate surface area is 114 Å². The van der Waals surface area contributed by atoms with Gasteiger partial charge in [0, 0.05) is 32.7 Å². The fourth-order valence-electron chi connectivity index (χ4n) is 2.37. The van der Waals surface area contributed by atoms with Crippen molar-refractivity contribution in [3.63, 3.8) is 0 Å². The molecule has 4 heteroatoms. The number of nitrogens with zero attached hydrogens (tertiary/aromatic N) is 1. The third-order valence-corrected chi connectivity index (χ3v) is 3.43. The zero-order valence-electron chi connectivity index (χ0n) is 11.7. The number of benzene rings is 1. The topological polar surface area (TPSA) is 41.6 Å². The number of carbonyl (C=O) groups is 1. The van der Waals surface area contributed by atoms with Crippen LogP contribution in [0.15, 0.2) is 24.3 Å². The summed E-state index contributed by atoms with van der Waals surface area (Å²) in [4.78, 5) is 13.7. The van der Waals surface area contributed by atoms with Crippen molar-refractivity contribution in [1.82, 2.24) is 0 Å². The number of ether oxygens (including phenoxy) is 1. The Morgan fingerprint density at radius 3 is 2.89 bits per heavy atom. The molecule has 1 fully saturated rings. The van der Waals surface area contributed by atoms with Gasteiger partial charge in [0.2, 0.25) is 5.91 Å². The van der Waals surface area contributed by atoms with E-state index in [9.17, 15) is 4.79 Å². The Kier molecular flexibility index (Phi) is 4.80. The van der Waals surface area contributed by atoms with E-state index in [4.69, 9.17) is 4.74 Å². The molecule has 104 valence electrons. The second-order valence-corrected chi connectivity index (χ2v) is 4.99. The minimum atomic E-state index is 0.221. The van der Waals surface area contributed by atoms with Crippen LogP contribution >= 0.6 is 0 Å². The lowest BCUT2D eigenvalue weighted by atomic mass is 10.2. The van der Waals surface area contributed by atoms with E-state index in [2.05, 4.69) is 12.2 Å². The predicted octanol–water partition coefficient (Wildman–Crippen LogP) is 2.65. The summed E-state index contributed by atoms with van der Waals surface area (Å²) in [5, 5.41) is 3.47. The summed E-state index contributed by atoms with van der Waals surface area (Å²) in [6.07, 6.45) is 2.55. The summed E-state index contributed by atoms with van der Waals surface area (Å²) >= 11 is 0. The fraction of sp³-hybridized carbons (Fsp3) is 0.533. The van der Waals surface area contributed by atoms with Crippen LogP contribution in [0, 0.1) is 0 Å². The lowest BCUT2D eigenvalue weighted by Crippen LogP contribution is -2.26. The van der Waals surface area contributed by atoms with Gasteiger partial charge in [0.1, 0.15) is 0 Å². The lowest BCUT2D eigenvalue weighted by Gasteiger charge is -2.23. The van der Waals surface area contributed by atoms with Crippen molar-refractivity contribution in [3.05, 3.63) is 24.3 Å². The average Bonchev–Trinajstić information content (AvgIpc) is 2.83. The van der Waals surface area contributed by atoms with Gasteiger partial charge in [0.25, 0.3) is 0 Å². The third-order valence-electron chi connectivity index (χ3n) is 3.43. The van der Waals surface area contributed by atoms with Crippen LogP contribution in [-0.2, 0) is 9.53 Å². The molecule has 0 spiro atoms. The standard InChI is InChI=1S/C15H22N2O2/c1-12(9-11-19-2)16-13-6-3-4-7-14(13)17-10-5-8-15(17)18/h3-4,6-7,12,16H,5,8-11H2,1-2H3. The highest BCUT2D eigenvalue weighted by Crippen LogP contribution is 2.29. The van der Waals surface area contributed by atoms with Crippen LogP contribution in [0.3, 0.4) is 0 Å². The van der Waals surface area contributed by atoms with Gasteiger partial charge in [0.15, 0.2) is 0 Å². The molecular weight excluding hydrogens is 240 g/mol. The van der Waals surface area contributed by atoms with Crippen molar-refractivity contribution >= 4 is 17.3 Å². The Morgan fingerprint density at radius 1 is 1.42 bits per heavy atom. The van der Waals surface area contributed by atoms with Gasteiger partial charge in [-0.2, -0.15) is 0 Å². The number of para-hydroxylation sites is 2. The van der Waals surface area contributed by atoms with Crippen LogP contribution in [0.5, 0.6) is 0 Å². The maximum absolute atomic E-state index is 11.9. The van der Waals surface area contributed by atoms with E-state index < -0.39 is 0 Å².